The monoisotopic (exact) mass is 279 g/mol. The van der Waals surface area contributed by atoms with Gasteiger partial charge in [-0.05, 0) is 50.4 Å². The largest absolute Gasteiger partial charge is 0.330 e. The van der Waals surface area contributed by atoms with Crippen molar-refractivity contribution in [3.8, 4) is 0 Å². The van der Waals surface area contributed by atoms with Crippen molar-refractivity contribution in [2.24, 2.45) is 11.7 Å². The van der Waals surface area contributed by atoms with E-state index in [4.69, 9.17) is 5.73 Å². The van der Waals surface area contributed by atoms with Crippen LogP contribution in [0.25, 0.3) is 0 Å². The molecule has 3 N–H and O–H groups in total. The van der Waals surface area contributed by atoms with Crippen molar-refractivity contribution >= 4 is 11.6 Å². The molecule has 1 aliphatic rings. The zero-order chi connectivity index (χ0) is 14.7. The van der Waals surface area contributed by atoms with E-state index in [2.05, 4.69) is 17.1 Å². The highest BCUT2D eigenvalue weighted by atomic mass is 19.1. The molecule has 20 heavy (non-hydrogen) atoms. The number of aryl methyl sites for hydroxylation is 1. The molecule has 1 aromatic carbocycles. The van der Waals surface area contributed by atoms with Crippen molar-refractivity contribution in [1.29, 1.82) is 0 Å². The van der Waals surface area contributed by atoms with E-state index in [0.29, 0.717) is 36.3 Å². The molecule has 2 unspecified atom stereocenters. The van der Waals surface area contributed by atoms with E-state index in [1.54, 1.807) is 19.1 Å². The van der Waals surface area contributed by atoms with Gasteiger partial charge in [0.25, 0.3) is 0 Å². The summed E-state index contributed by atoms with van der Waals surface area (Å²) >= 11 is 0. The summed E-state index contributed by atoms with van der Waals surface area (Å²) in [5.74, 6) is 0.0490. The molecule has 0 spiro atoms. The third kappa shape index (κ3) is 3.55. The fourth-order valence-electron chi connectivity index (χ4n) is 2.66. The van der Waals surface area contributed by atoms with E-state index in [9.17, 15) is 9.18 Å². The van der Waals surface area contributed by atoms with Crippen molar-refractivity contribution < 1.29 is 9.18 Å². The second-order valence-corrected chi connectivity index (χ2v) is 5.63. The normalized spacial score (nSPS) is 23.0. The van der Waals surface area contributed by atoms with Crippen LogP contribution in [-0.2, 0) is 4.79 Å². The average molecular weight is 279 g/mol. The molecule has 0 aromatic heterocycles. The van der Waals surface area contributed by atoms with Crippen LogP contribution in [0.1, 0.15) is 18.9 Å². The summed E-state index contributed by atoms with van der Waals surface area (Å²) in [6.45, 7) is 5.64. The molecule has 2 rings (SSSR count). The molecule has 0 saturated carbocycles. The van der Waals surface area contributed by atoms with Gasteiger partial charge in [0.15, 0.2) is 0 Å². The maximum atomic E-state index is 13.4. The number of benzene rings is 1. The molecular formula is C15H22FN3O. The summed E-state index contributed by atoms with van der Waals surface area (Å²) in [5.41, 5.74) is 6.75. The number of nitrogens with two attached hydrogens (primary N) is 1. The van der Waals surface area contributed by atoms with E-state index in [-0.39, 0.29) is 11.7 Å². The minimum Gasteiger partial charge on any atom is -0.330 e. The standard InChI is InChI=1S/C15H22FN3O/c1-10-3-4-13(6-14(10)16)18-15(20)9-19-8-12(7-17)5-11(19)2/h3-4,6,11-12H,5,7-9,17H2,1-2H3,(H,18,20). The first-order valence-electron chi connectivity index (χ1n) is 6.99. The number of rotatable bonds is 4. The van der Waals surface area contributed by atoms with E-state index in [1.807, 2.05) is 0 Å². The summed E-state index contributed by atoms with van der Waals surface area (Å²) in [5, 5.41) is 2.74. The predicted molar refractivity (Wildman–Crippen MR) is 78.0 cm³/mol. The minimum atomic E-state index is -0.305. The van der Waals surface area contributed by atoms with Crippen molar-refractivity contribution in [3.63, 3.8) is 0 Å². The molecule has 110 valence electrons. The quantitative estimate of drug-likeness (QED) is 0.882. The third-order valence-electron chi connectivity index (χ3n) is 3.93. The van der Waals surface area contributed by atoms with Gasteiger partial charge in [0.1, 0.15) is 5.82 Å². The number of nitrogens with zero attached hydrogens (tertiary/aromatic N) is 1. The lowest BCUT2D eigenvalue weighted by Gasteiger charge is -2.20. The predicted octanol–water partition coefficient (Wildman–Crippen LogP) is 1.74. The zero-order valence-electron chi connectivity index (χ0n) is 12.0. The number of anilines is 1. The number of hydrogen-bond acceptors (Lipinski definition) is 3. The Morgan fingerprint density at radius 2 is 2.30 bits per heavy atom. The van der Waals surface area contributed by atoms with Crippen LogP contribution in [0.4, 0.5) is 10.1 Å². The van der Waals surface area contributed by atoms with Crippen LogP contribution in [0, 0.1) is 18.7 Å². The molecule has 2 atom stereocenters. The fraction of sp³-hybridized carbons (Fsp3) is 0.533. The van der Waals surface area contributed by atoms with Crippen LogP contribution < -0.4 is 11.1 Å². The van der Waals surface area contributed by atoms with Crippen LogP contribution in [0.3, 0.4) is 0 Å². The van der Waals surface area contributed by atoms with Gasteiger partial charge < -0.3 is 11.1 Å². The number of likely N-dealkylation sites (tertiary alicyclic amines) is 1. The molecule has 5 heteroatoms. The van der Waals surface area contributed by atoms with Gasteiger partial charge >= 0.3 is 0 Å². The van der Waals surface area contributed by atoms with E-state index in [1.165, 1.54) is 6.07 Å². The smallest absolute Gasteiger partial charge is 0.238 e. The Morgan fingerprint density at radius 1 is 1.55 bits per heavy atom. The van der Waals surface area contributed by atoms with Gasteiger partial charge in [-0.25, -0.2) is 4.39 Å². The van der Waals surface area contributed by atoms with E-state index in [0.717, 1.165) is 13.0 Å². The molecule has 1 fully saturated rings. The molecule has 1 heterocycles. The topological polar surface area (TPSA) is 58.4 Å². The third-order valence-corrected chi connectivity index (χ3v) is 3.93. The summed E-state index contributed by atoms with van der Waals surface area (Å²) in [7, 11) is 0. The van der Waals surface area contributed by atoms with Crippen LogP contribution in [0.2, 0.25) is 0 Å². The Balaban J connectivity index is 1.91. The van der Waals surface area contributed by atoms with Gasteiger partial charge in [0.2, 0.25) is 5.91 Å². The van der Waals surface area contributed by atoms with Gasteiger partial charge in [0.05, 0.1) is 6.54 Å². The highest BCUT2D eigenvalue weighted by Crippen LogP contribution is 2.21. The number of nitrogens with one attached hydrogen (secondary N) is 1. The maximum Gasteiger partial charge on any atom is 0.238 e. The van der Waals surface area contributed by atoms with Gasteiger partial charge in [-0.15, -0.1) is 0 Å². The van der Waals surface area contributed by atoms with E-state index < -0.39 is 0 Å². The molecule has 4 nitrogen and oxygen atoms in total. The van der Waals surface area contributed by atoms with Gasteiger partial charge in [0, 0.05) is 18.3 Å². The lowest BCUT2D eigenvalue weighted by atomic mass is 10.1. The minimum absolute atomic E-state index is 0.113. The van der Waals surface area contributed by atoms with Gasteiger partial charge in [-0.3, -0.25) is 9.69 Å². The molecule has 0 aliphatic carbocycles. The average Bonchev–Trinajstić information content (AvgIpc) is 2.74. The summed E-state index contributed by atoms with van der Waals surface area (Å²) < 4.78 is 13.4. The number of amides is 1. The first-order chi connectivity index (χ1) is 9.49. The molecular weight excluding hydrogens is 257 g/mol. The first kappa shape index (κ1) is 14.9. The number of halogens is 1. The Kier molecular flexibility index (Phi) is 4.73. The first-order valence-corrected chi connectivity index (χ1v) is 6.99. The van der Waals surface area contributed by atoms with Crippen LogP contribution in [-0.4, -0.2) is 36.5 Å². The van der Waals surface area contributed by atoms with Crippen LogP contribution >= 0.6 is 0 Å². The van der Waals surface area contributed by atoms with Crippen LogP contribution in [0.5, 0.6) is 0 Å². The highest BCUT2D eigenvalue weighted by Gasteiger charge is 2.29. The Hall–Kier alpha value is -1.46. The number of carbonyl (C=O) groups is 1. The molecule has 1 amide bonds. The lowest BCUT2D eigenvalue weighted by molar-refractivity contribution is -0.117. The summed E-state index contributed by atoms with van der Waals surface area (Å²) in [6.07, 6.45) is 1.03. The van der Waals surface area contributed by atoms with Gasteiger partial charge in [-0.1, -0.05) is 6.07 Å². The van der Waals surface area contributed by atoms with Gasteiger partial charge in [-0.2, -0.15) is 0 Å². The van der Waals surface area contributed by atoms with E-state index >= 15 is 0 Å². The summed E-state index contributed by atoms with van der Waals surface area (Å²) in [4.78, 5) is 14.1. The zero-order valence-corrected chi connectivity index (χ0v) is 12.0. The number of carbonyl (C=O) groups excluding carboxylic acids is 1. The molecule has 0 radical (unpaired) electrons. The Morgan fingerprint density at radius 3 is 2.90 bits per heavy atom. The molecule has 1 aliphatic heterocycles. The lowest BCUT2D eigenvalue weighted by Crippen LogP contribution is -2.36. The molecule has 1 aromatic rings. The van der Waals surface area contributed by atoms with Crippen molar-refractivity contribution in [3.05, 3.63) is 29.6 Å². The SMILES string of the molecule is Cc1ccc(NC(=O)CN2CC(CN)CC2C)cc1F. The second-order valence-electron chi connectivity index (χ2n) is 5.63. The van der Waals surface area contributed by atoms with Crippen molar-refractivity contribution in [2.45, 2.75) is 26.3 Å². The molecule has 0 bridgehead atoms. The maximum absolute atomic E-state index is 13.4. The fourth-order valence-corrected chi connectivity index (χ4v) is 2.66. The summed E-state index contributed by atoms with van der Waals surface area (Å²) in [6, 6.07) is 5.09. The second kappa shape index (κ2) is 6.33. The molecule has 1 saturated heterocycles. The van der Waals surface area contributed by atoms with Crippen molar-refractivity contribution in [1.82, 2.24) is 4.90 Å². The number of hydrogen-bond donors (Lipinski definition) is 2. The van der Waals surface area contributed by atoms with Crippen molar-refractivity contribution in [2.75, 3.05) is 25.0 Å². The highest BCUT2D eigenvalue weighted by molar-refractivity contribution is 5.92. The Labute approximate surface area is 119 Å². The Bertz CT molecular complexity index is 492. The van der Waals surface area contributed by atoms with Crippen LogP contribution in [0.15, 0.2) is 18.2 Å².